The third-order valence-corrected chi connectivity index (χ3v) is 4.67. The van der Waals surface area contributed by atoms with Gasteiger partial charge >= 0.3 is 5.97 Å². The number of hydrogen-bond acceptors (Lipinski definition) is 6. The van der Waals surface area contributed by atoms with Gasteiger partial charge in [-0.15, -0.1) is 0 Å². The number of hydrazone groups is 1. The SMILES string of the molecule is COC(=O)C1=NN(C(C)=O)[C@H]2C(=O)N(c3ccc(Cl)c(Cl)c3)C(=O)[C@@H]12. The first-order valence-corrected chi connectivity index (χ1v) is 7.83. The molecule has 130 valence electrons. The van der Waals surface area contributed by atoms with Crippen LogP contribution >= 0.6 is 23.2 Å². The molecule has 1 saturated heterocycles. The van der Waals surface area contributed by atoms with E-state index < -0.39 is 35.7 Å². The van der Waals surface area contributed by atoms with Gasteiger partial charge in [-0.2, -0.15) is 5.10 Å². The minimum Gasteiger partial charge on any atom is -0.464 e. The van der Waals surface area contributed by atoms with E-state index in [2.05, 4.69) is 9.84 Å². The monoisotopic (exact) mass is 383 g/mol. The van der Waals surface area contributed by atoms with Crippen LogP contribution in [-0.2, 0) is 23.9 Å². The van der Waals surface area contributed by atoms with Crippen molar-refractivity contribution >= 4 is 58.3 Å². The topological polar surface area (TPSA) is 96.3 Å². The van der Waals surface area contributed by atoms with Crippen molar-refractivity contribution in [3.05, 3.63) is 28.2 Å². The number of halogens is 2. The number of anilines is 1. The van der Waals surface area contributed by atoms with E-state index in [-0.39, 0.29) is 21.4 Å². The molecule has 0 spiro atoms. The summed E-state index contributed by atoms with van der Waals surface area (Å²) in [5, 5.41) is 5.05. The van der Waals surface area contributed by atoms with E-state index >= 15 is 0 Å². The first-order chi connectivity index (χ1) is 11.8. The summed E-state index contributed by atoms with van der Waals surface area (Å²) in [6.07, 6.45) is 0. The molecule has 2 aliphatic rings. The maximum Gasteiger partial charge on any atom is 0.355 e. The highest BCUT2D eigenvalue weighted by Crippen LogP contribution is 2.37. The Labute approximate surface area is 151 Å². The highest BCUT2D eigenvalue weighted by atomic mass is 35.5. The smallest absolute Gasteiger partial charge is 0.355 e. The Balaban J connectivity index is 2.07. The quantitative estimate of drug-likeness (QED) is 0.565. The number of imide groups is 1. The molecule has 1 aromatic rings. The zero-order valence-electron chi connectivity index (χ0n) is 13.0. The predicted octanol–water partition coefficient (Wildman–Crippen LogP) is 1.24. The third kappa shape index (κ3) is 2.58. The van der Waals surface area contributed by atoms with Crippen LogP contribution in [-0.4, -0.2) is 47.6 Å². The summed E-state index contributed by atoms with van der Waals surface area (Å²) >= 11 is 11.8. The van der Waals surface area contributed by atoms with Crippen molar-refractivity contribution in [2.45, 2.75) is 13.0 Å². The van der Waals surface area contributed by atoms with Gasteiger partial charge in [0.05, 0.1) is 22.8 Å². The lowest BCUT2D eigenvalue weighted by Gasteiger charge is -2.19. The molecular weight excluding hydrogens is 373 g/mol. The van der Waals surface area contributed by atoms with Gasteiger partial charge in [0, 0.05) is 6.92 Å². The molecule has 0 aliphatic carbocycles. The number of methoxy groups -OCH3 is 1. The number of rotatable bonds is 2. The van der Waals surface area contributed by atoms with Crippen molar-refractivity contribution in [1.29, 1.82) is 0 Å². The van der Waals surface area contributed by atoms with Crippen molar-refractivity contribution in [2.75, 3.05) is 12.0 Å². The normalized spacial score (nSPS) is 22.2. The predicted molar refractivity (Wildman–Crippen MR) is 88.2 cm³/mol. The summed E-state index contributed by atoms with van der Waals surface area (Å²) < 4.78 is 4.60. The zero-order chi connectivity index (χ0) is 18.5. The largest absolute Gasteiger partial charge is 0.464 e. The minimum atomic E-state index is -1.23. The fraction of sp³-hybridized carbons (Fsp3) is 0.267. The Bertz CT molecular complexity index is 854. The molecule has 0 aromatic heterocycles. The molecule has 10 heteroatoms. The number of carbonyl (C=O) groups excluding carboxylic acids is 4. The van der Waals surface area contributed by atoms with E-state index in [1.807, 2.05) is 0 Å². The van der Waals surface area contributed by atoms with Crippen molar-refractivity contribution in [1.82, 2.24) is 5.01 Å². The number of benzene rings is 1. The second-order valence-corrected chi connectivity index (χ2v) is 6.19. The molecule has 2 atom stereocenters. The number of amides is 3. The highest BCUT2D eigenvalue weighted by Gasteiger charge is 2.59. The molecule has 0 bridgehead atoms. The maximum absolute atomic E-state index is 12.8. The second-order valence-electron chi connectivity index (χ2n) is 5.37. The lowest BCUT2D eigenvalue weighted by atomic mass is 9.98. The minimum absolute atomic E-state index is 0.155. The van der Waals surface area contributed by atoms with Gasteiger partial charge in [-0.25, -0.2) is 14.7 Å². The van der Waals surface area contributed by atoms with Gasteiger partial charge in [0.1, 0.15) is 5.92 Å². The van der Waals surface area contributed by atoms with Crippen molar-refractivity contribution in [3.8, 4) is 0 Å². The maximum atomic E-state index is 12.8. The molecule has 3 rings (SSSR count). The zero-order valence-corrected chi connectivity index (χ0v) is 14.5. The molecule has 1 aromatic carbocycles. The summed E-state index contributed by atoms with van der Waals surface area (Å²) in [7, 11) is 1.12. The highest BCUT2D eigenvalue weighted by molar-refractivity contribution is 6.47. The Morgan fingerprint density at radius 1 is 1.16 bits per heavy atom. The lowest BCUT2D eigenvalue weighted by Crippen LogP contribution is -2.41. The van der Waals surface area contributed by atoms with E-state index in [0.717, 1.165) is 17.0 Å². The van der Waals surface area contributed by atoms with E-state index in [4.69, 9.17) is 23.2 Å². The number of nitrogens with zero attached hydrogens (tertiary/aromatic N) is 3. The van der Waals surface area contributed by atoms with E-state index in [0.29, 0.717) is 0 Å². The average Bonchev–Trinajstić information content (AvgIpc) is 3.08. The molecule has 0 unspecified atom stereocenters. The summed E-state index contributed by atoms with van der Waals surface area (Å²) in [5.74, 6) is -4.06. The number of carbonyl (C=O) groups is 4. The average molecular weight is 384 g/mol. The van der Waals surface area contributed by atoms with Crippen LogP contribution in [0.15, 0.2) is 23.3 Å². The number of ether oxygens (including phenoxy) is 1. The summed E-state index contributed by atoms with van der Waals surface area (Å²) in [6.45, 7) is 1.18. The second kappa shape index (κ2) is 6.12. The van der Waals surface area contributed by atoms with Crippen LogP contribution in [0.3, 0.4) is 0 Å². The van der Waals surface area contributed by atoms with Crippen molar-refractivity contribution in [3.63, 3.8) is 0 Å². The van der Waals surface area contributed by atoms with Gasteiger partial charge in [-0.1, -0.05) is 23.2 Å². The van der Waals surface area contributed by atoms with Gasteiger partial charge in [0.2, 0.25) is 11.8 Å². The van der Waals surface area contributed by atoms with Crippen molar-refractivity contribution < 1.29 is 23.9 Å². The molecule has 3 amide bonds. The Hall–Kier alpha value is -2.45. The van der Waals surface area contributed by atoms with Crippen molar-refractivity contribution in [2.24, 2.45) is 11.0 Å². The van der Waals surface area contributed by atoms with Crippen LogP contribution < -0.4 is 4.90 Å². The standard InChI is InChI=1S/C15H11Cl2N3O5/c1-6(21)20-12-10(11(18-20)15(24)25-2)13(22)19(14(12)23)7-3-4-8(16)9(17)5-7/h3-5,10,12H,1-2H3/t10-,12+/m0/s1. The molecule has 0 saturated carbocycles. The Morgan fingerprint density at radius 3 is 2.40 bits per heavy atom. The molecule has 0 N–H and O–H groups in total. The van der Waals surface area contributed by atoms with E-state index in [9.17, 15) is 19.2 Å². The summed E-state index contributed by atoms with van der Waals surface area (Å²) in [5.41, 5.74) is -0.102. The number of hydrogen-bond donors (Lipinski definition) is 0. The number of fused-ring (bicyclic) bond motifs is 1. The van der Waals surface area contributed by atoms with Crippen LogP contribution in [0.1, 0.15) is 6.92 Å². The van der Waals surface area contributed by atoms with Crippen LogP contribution in [0.5, 0.6) is 0 Å². The first kappa shape index (κ1) is 17.4. The van der Waals surface area contributed by atoms with E-state index in [1.165, 1.54) is 25.1 Å². The van der Waals surface area contributed by atoms with Crippen LogP contribution in [0.4, 0.5) is 5.69 Å². The van der Waals surface area contributed by atoms with Crippen LogP contribution in [0.25, 0.3) is 0 Å². The fourth-order valence-electron chi connectivity index (χ4n) is 2.83. The molecule has 2 heterocycles. The van der Waals surface area contributed by atoms with Gasteiger partial charge in [-0.05, 0) is 18.2 Å². The van der Waals surface area contributed by atoms with Crippen LogP contribution in [0.2, 0.25) is 10.0 Å². The first-order valence-electron chi connectivity index (χ1n) is 7.07. The van der Waals surface area contributed by atoms with Gasteiger partial charge in [-0.3, -0.25) is 14.4 Å². The lowest BCUT2D eigenvalue weighted by molar-refractivity contribution is -0.136. The number of esters is 1. The molecule has 1 fully saturated rings. The molecule has 25 heavy (non-hydrogen) atoms. The summed E-state index contributed by atoms with van der Waals surface area (Å²) in [4.78, 5) is 50.1. The molecular formula is C15H11Cl2N3O5. The Morgan fingerprint density at radius 2 is 1.84 bits per heavy atom. The van der Waals surface area contributed by atoms with Gasteiger partial charge < -0.3 is 4.74 Å². The van der Waals surface area contributed by atoms with Gasteiger partial charge in [0.15, 0.2) is 11.8 Å². The summed E-state index contributed by atoms with van der Waals surface area (Å²) in [6, 6.07) is 3.01. The molecule has 2 aliphatic heterocycles. The molecule has 8 nitrogen and oxygen atoms in total. The fourth-order valence-corrected chi connectivity index (χ4v) is 3.12. The van der Waals surface area contributed by atoms with Gasteiger partial charge in [0.25, 0.3) is 5.91 Å². The van der Waals surface area contributed by atoms with E-state index in [1.54, 1.807) is 0 Å². The molecule has 0 radical (unpaired) electrons. The Kier molecular flexibility index (Phi) is 4.26. The van der Waals surface area contributed by atoms with Crippen LogP contribution in [0, 0.1) is 5.92 Å². The third-order valence-electron chi connectivity index (χ3n) is 3.93.